The van der Waals surface area contributed by atoms with Crippen molar-refractivity contribution in [3.05, 3.63) is 48.2 Å². The molecule has 5 rings (SSSR count). The van der Waals surface area contributed by atoms with Gasteiger partial charge in [0.2, 0.25) is 0 Å². The number of thiazole rings is 1. The second kappa shape index (κ2) is 7.61. The first-order chi connectivity index (χ1) is 14.1. The van der Waals surface area contributed by atoms with Crippen molar-refractivity contribution in [2.75, 3.05) is 32.7 Å². The van der Waals surface area contributed by atoms with Gasteiger partial charge in [0.1, 0.15) is 16.1 Å². The monoisotopic (exact) mass is 409 g/mol. The van der Waals surface area contributed by atoms with Gasteiger partial charge in [-0.1, -0.05) is 23.5 Å². The number of amides is 2. The van der Waals surface area contributed by atoms with Gasteiger partial charge in [-0.05, 0) is 48.1 Å². The van der Waals surface area contributed by atoms with E-state index in [1.54, 1.807) is 11.1 Å². The highest BCUT2D eigenvalue weighted by Crippen LogP contribution is 2.32. The number of carbonyl (C=O) groups is 1. The van der Waals surface area contributed by atoms with Gasteiger partial charge in [0.25, 0.3) is 5.19 Å². The summed E-state index contributed by atoms with van der Waals surface area (Å²) in [5.41, 5.74) is 7.56. The fraction of sp³-hybridized carbons (Fsp3) is 0.381. The summed E-state index contributed by atoms with van der Waals surface area (Å²) in [5.74, 6) is 1.93. The van der Waals surface area contributed by atoms with Gasteiger partial charge < -0.3 is 20.3 Å². The molecule has 0 spiro atoms. The highest BCUT2D eigenvalue weighted by atomic mass is 32.1. The summed E-state index contributed by atoms with van der Waals surface area (Å²) >= 11 is 1.45. The fourth-order valence-corrected chi connectivity index (χ4v) is 5.14. The van der Waals surface area contributed by atoms with Gasteiger partial charge in [-0.15, -0.1) is 0 Å². The molecule has 7 nitrogen and oxygen atoms in total. The maximum Gasteiger partial charge on any atom is 0.314 e. The molecule has 2 N–H and O–H groups in total. The van der Waals surface area contributed by atoms with E-state index in [2.05, 4.69) is 27.0 Å². The van der Waals surface area contributed by atoms with Crippen LogP contribution in [0.15, 0.2) is 42.6 Å². The maximum absolute atomic E-state index is 11.3. The molecule has 1 unspecified atom stereocenters. The Balaban J connectivity index is 1.13. The molecule has 0 bridgehead atoms. The van der Waals surface area contributed by atoms with Crippen LogP contribution in [-0.2, 0) is 6.42 Å². The Morgan fingerprint density at radius 1 is 1.14 bits per heavy atom. The number of benzene rings is 1. The standard InChI is InChI=1S/C21H23N5O2S/c22-20(27)26-12-15-10-25(11-16(15)13-26)9-7-14-3-5-17(6-4-14)28-21-24-18-2-1-8-23-19(18)29-21/h1-6,8,15-16H,7,9-13H2,(H2,22,27)/t15-,16?/m0/s1. The second-order valence-corrected chi connectivity index (χ2v) is 8.77. The van der Waals surface area contributed by atoms with Crippen molar-refractivity contribution in [3.8, 4) is 10.9 Å². The van der Waals surface area contributed by atoms with Crippen molar-refractivity contribution in [1.29, 1.82) is 0 Å². The van der Waals surface area contributed by atoms with Crippen molar-refractivity contribution in [1.82, 2.24) is 19.8 Å². The molecule has 150 valence electrons. The van der Waals surface area contributed by atoms with Crippen LogP contribution in [-0.4, -0.2) is 58.5 Å². The van der Waals surface area contributed by atoms with Crippen molar-refractivity contribution in [3.63, 3.8) is 0 Å². The lowest BCUT2D eigenvalue weighted by molar-refractivity contribution is 0.209. The molecule has 2 aromatic heterocycles. The van der Waals surface area contributed by atoms with Gasteiger partial charge in [0.05, 0.1) is 0 Å². The lowest BCUT2D eigenvalue weighted by atomic mass is 10.0. The first-order valence-electron chi connectivity index (χ1n) is 9.89. The Kier molecular flexibility index (Phi) is 4.81. The zero-order valence-corrected chi connectivity index (χ0v) is 16.8. The van der Waals surface area contributed by atoms with Crippen molar-refractivity contribution >= 4 is 27.7 Å². The zero-order chi connectivity index (χ0) is 19.8. The van der Waals surface area contributed by atoms with Crippen LogP contribution in [0.25, 0.3) is 10.3 Å². The zero-order valence-electron chi connectivity index (χ0n) is 16.0. The van der Waals surface area contributed by atoms with Gasteiger partial charge in [-0.2, -0.15) is 0 Å². The third-order valence-corrected chi connectivity index (χ3v) is 6.72. The quantitative estimate of drug-likeness (QED) is 0.700. The van der Waals surface area contributed by atoms with E-state index >= 15 is 0 Å². The number of hydrogen-bond donors (Lipinski definition) is 1. The van der Waals surface area contributed by atoms with Crippen LogP contribution in [0.2, 0.25) is 0 Å². The van der Waals surface area contributed by atoms with E-state index in [1.807, 2.05) is 24.3 Å². The second-order valence-electron chi connectivity index (χ2n) is 7.83. The van der Waals surface area contributed by atoms with Crippen molar-refractivity contribution < 1.29 is 9.53 Å². The molecular weight excluding hydrogens is 386 g/mol. The minimum atomic E-state index is -0.282. The Morgan fingerprint density at radius 3 is 2.59 bits per heavy atom. The lowest BCUT2D eigenvalue weighted by Gasteiger charge is -2.20. The number of primary amides is 1. The van der Waals surface area contributed by atoms with Gasteiger partial charge in [-0.25, -0.2) is 14.8 Å². The Hall–Kier alpha value is -2.71. The van der Waals surface area contributed by atoms with Gasteiger partial charge in [-0.3, -0.25) is 0 Å². The molecule has 29 heavy (non-hydrogen) atoms. The van der Waals surface area contributed by atoms with Crippen LogP contribution in [0.5, 0.6) is 10.9 Å². The van der Waals surface area contributed by atoms with E-state index in [0.717, 1.165) is 55.2 Å². The van der Waals surface area contributed by atoms with E-state index in [-0.39, 0.29) is 6.03 Å². The van der Waals surface area contributed by atoms with Crippen LogP contribution in [0.4, 0.5) is 4.79 Å². The van der Waals surface area contributed by atoms with Crippen LogP contribution in [0, 0.1) is 11.8 Å². The summed E-state index contributed by atoms with van der Waals surface area (Å²) in [4.78, 5) is 25.3. The number of hydrogen-bond acceptors (Lipinski definition) is 6. The molecule has 2 aliphatic heterocycles. The highest BCUT2D eigenvalue weighted by Gasteiger charge is 2.40. The minimum absolute atomic E-state index is 0.282. The molecule has 1 aromatic carbocycles. The van der Waals surface area contributed by atoms with Crippen LogP contribution in [0.3, 0.4) is 0 Å². The highest BCUT2D eigenvalue weighted by molar-refractivity contribution is 7.19. The molecule has 2 saturated heterocycles. The number of rotatable bonds is 5. The first kappa shape index (κ1) is 18.3. The molecule has 2 atom stereocenters. The number of urea groups is 1. The minimum Gasteiger partial charge on any atom is -0.431 e. The topological polar surface area (TPSA) is 84.6 Å². The van der Waals surface area contributed by atoms with E-state index in [0.29, 0.717) is 17.0 Å². The smallest absolute Gasteiger partial charge is 0.314 e. The largest absolute Gasteiger partial charge is 0.431 e. The van der Waals surface area contributed by atoms with Gasteiger partial charge >= 0.3 is 6.03 Å². The predicted molar refractivity (Wildman–Crippen MR) is 112 cm³/mol. The molecule has 0 aliphatic carbocycles. The third-order valence-electron chi connectivity index (χ3n) is 5.87. The number of carbonyl (C=O) groups excluding carboxylic acids is 1. The van der Waals surface area contributed by atoms with E-state index in [4.69, 9.17) is 10.5 Å². The number of nitrogens with zero attached hydrogens (tertiary/aromatic N) is 4. The van der Waals surface area contributed by atoms with Gasteiger partial charge in [0, 0.05) is 38.9 Å². The summed E-state index contributed by atoms with van der Waals surface area (Å²) in [6, 6.07) is 11.8. The molecule has 2 fully saturated rings. The molecular formula is C21H23N5O2S. The molecule has 3 aromatic rings. The molecule has 0 radical (unpaired) electrons. The number of ether oxygens (including phenoxy) is 1. The molecule has 8 heteroatoms. The Bertz CT molecular complexity index is 974. The molecule has 4 heterocycles. The molecule has 2 amide bonds. The molecule has 2 aliphatic rings. The summed E-state index contributed by atoms with van der Waals surface area (Å²) in [6.45, 7) is 4.77. The van der Waals surface area contributed by atoms with Crippen LogP contribution >= 0.6 is 11.3 Å². The summed E-state index contributed by atoms with van der Waals surface area (Å²) in [6.07, 6.45) is 2.77. The number of nitrogens with two attached hydrogens (primary N) is 1. The van der Waals surface area contributed by atoms with E-state index < -0.39 is 0 Å². The predicted octanol–water partition coefficient (Wildman–Crippen LogP) is 2.97. The fourth-order valence-electron chi connectivity index (χ4n) is 4.36. The van der Waals surface area contributed by atoms with Crippen LogP contribution in [0.1, 0.15) is 5.56 Å². The van der Waals surface area contributed by atoms with Gasteiger partial charge in [0.15, 0.2) is 0 Å². The molecule has 0 saturated carbocycles. The average molecular weight is 410 g/mol. The first-order valence-corrected chi connectivity index (χ1v) is 10.7. The van der Waals surface area contributed by atoms with Crippen LogP contribution < -0.4 is 10.5 Å². The van der Waals surface area contributed by atoms with Crippen molar-refractivity contribution in [2.24, 2.45) is 17.6 Å². The Morgan fingerprint density at radius 2 is 1.90 bits per heavy atom. The summed E-state index contributed by atoms with van der Waals surface area (Å²) in [7, 11) is 0. The van der Waals surface area contributed by atoms with Crippen molar-refractivity contribution in [2.45, 2.75) is 6.42 Å². The number of likely N-dealkylation sites (tertiary alicyclic amines) is 2. The third kappa shape index (κ3) is 3.90. The maximum atomic E-state index is 11.3. The average Bonchev–Trinajstić information content (AvgIpc) is 3.39. The van der Waals surface area contributed by atoms with E-state index in [1.165, 1.54) is 16.9 Å². The SMILES string of the molecule is NC(=O)N1CC2CN(CCc3ccc(Oc4nc5cccnc5s4)cc3)C[C@H]2C1. The number of fused-ring (bicyclic) bond motifs is 2. The number of pyridine rings is 1. The summed E-state index contributed by atoms with van der Waals surface area (Å²) < 4.78 is 5.89. The Labute approximate surface area is 173 Å². The summed E-state index contributed by atoms with van der Waals surface area (Å²) in [5, 5.41) is 0.611. The van der Waals surface area contributed by atoms with E-state index in [9.17, 15) is 4.79 Å². The number of aromatic nitrogens is 2. The normalized spacial score (nSPS) is 21.6. The lowest BCUT2D eigenvalue weighted by Crippen LogP contribution is -2.37.